The smallest absolute Gasteiger partial charge is 0.0210 e. The van der Waals surface area contributed by atoms with Crippen molar-refractivity contribution in [2.24, 2.45) is 5.92 Å². The normalized spacial score (nSPS) is 11.3. The van der Waals surface area contributed by atoms with Crippen LogP contribution in [0.5, 0.6) is 0 Å². The summed E-state index contributed by atoms with van der Waals surface area (Å²) in [5, 5.41) is 3.50. The van der Waals surface area contributed by atoms with Gasteiger partial charge < -0.3 is 5.32 Å². The van der Waals surface area contributed by atoms with E-state index in [0.29, 0.717) is 0 Å². The van der Waals surface area contributed by atoms with Crippen molar-refractivity contribution in [3.05, 3.63) is 32.2 Å². The van der Waals surface area contributed by atoms with E-state index in [0.717, 1.165) is 19.0 Å². The van der Waals surface area contributed by atoms with Crippen LogP contribution in [0.3, 0.4) is 0 Å². The third kappa shape index (κ3) is 7.24. The Balaban J connectivity index is 2.14. The molecule has 0 unspecified atom stereocenters. The Kier molecular flexibility index (Phi) is 9.06. The zero-order valence-corrected chi connectivity index (χ0v) is 16.1. The van der Waals surface area contributed by atoms with Gasteiger partial charge in [-0.15, -0.1) is 0 Å². The molecule has 1 N–H and O–H groups in total. The van der Waals surface area contributed by atoms with Gasteiger partial charge in [-0.3, -0.25) is 0 Å². The van der Waals surface area contributed by atoms with Crippen LogP contribution in [0.25, 0.3) is 0 Å². The van der Waals surface area contributed by atoms with Crippen LogP contribution in [0.1, 0.15) is 50.7 Å². The molecule has 0 aromatic heterocycles. The molecule has 0 saturated heterocycles. The van der Waals surface area contributed by atoms with Gasteiger partial charge in [-0.2, -0.15) is 0 Å². The lowest BCUT2D eigenvalue weighted by Gasteiger charge is -2.09. The predicted molar refractivity (Wildman–Crippen MR) is 96.5 cm³/mol. The van der Waals surface area contributed by atoms with Gasteiger partial charge in [0.2, 0.25) is 0 Å². The average molecular weight is 405 g/mol. The fraction of sp³-hybridized carbons (Fsp3) is 0.647. The fourth-order valence-electron chi connectivity index (χ4n) is 2.19. The minimum Gasteiger partial charge on any atom is -0.316 e. The second-order valence-electron chi connectivity index (χ2n) is 5.95. The third-order valence-electron chi connectivity index (χ3n) is 3.43. The molecule has 1 nitrogen and oxygen atoms in total. The third-order valence-corrected chi connectivity index (χ3v) is 5.02. The van der Waals surface area contributed by atoms with Gasteiger partial charge >= 0.3 is 0 Å². The standard InChI is InChI=1S/C17H27Br2N/c1-13(2)12-20-9-7-5-4-6-8-15-11-16(18)14(3)10-17(15)19/h10-11,13,20H,4-9,12H2,1-3H3. The van der Waals surface area contributed by atoms with Gasteiger partial charge in [0.15, 0.2) is 0 Å². The molecule has 0 atom stereocenters. The van der Waals surface area contributed by atoms with Crippen LogP contribution >= 0.6 is 31.9 Å². The number of hydrogen-bond acceptors (Lipinski definition) is 1. The summed E-state index contributed by atoms with van der Waals surface area (Å²) >= 11 is 7.28. The molecule has 114 valence electrons. The lowest BCUT2D eigenvalue weighted by molar-refractivity contribution is 0.526. The number of unbranched alkanes of at least 4 members (excludes halogenated alkanes) is 3. The lowest BCUT2D eigenvalue weighted by Crippen LogP contribution is -2.20. The Morgan fingerprint density at radius 3 is 2.40 bits per heavy atom. The van der Waals surface area contributed by atoms with Crippen LogP contribution in [-0.4, -0.2) is 13.1 Å². The van der Waals surface area contributed by atoms with Gasteiger partial charge in [-0.25, -0.2) is 0 Å². The lowest BCUT2D eigenvalue weighted by atomic mass is 10.0. The van der Waals surface area contributed by atoms with E-state index in [1.807, 2.05) is 0 Å². The first-order valence-electron chi connectivity index (χ1n) is 7.66. The van der Waals surface area contributed by atoms with Gasteiger partial charge in [0.1, 0.15) is 0 Å². The van der Waals surface area contributed by atoms with Crippen molar-refractivity contribution in [2.45, 2.75) is 52.9 Å². The van der Waals surface area contributed by atoms with E-state index in [1.54, 1.807) is 0 Å². The van der Waals surface area contributed by atoms with Crippen molar-refractivity contribution >= 4 is 31.9 Å². The van der Waals surface area contributed by atoms with Crippen LogP contribution < -0.4 is 5.32 Å². The van der Waals surface area contributed by atoms with Gasteiger partial charge in [-0.1, -0.05) is 58.5 Å². The van der Waals surface area contributed by atoms with Crippen molar-refractivity contribution < 1.29 is 0 Å². The molecule has 0 spiro atoms. The maximum absolute atomic E-state index is 3.67. The van der Waals surface area contributed by atoms with Gasteiger partial charge in [0.25, 0.3) is 0 Å². The first-order valence-corrected chi connectivity index (χ1v) is 9.24. The van der Waals surface area contributed by atoms with E-state index >= 15 is 0 Å². The molecule has 1 rings (SSSR count). The molecule has 0 radical (unpaired) electrons. The van der Waals surface area contributed by atoms with E-state index in [4.69, 9.17) is 0 Å². The molecule has 0 fully saturated rings. The van der Waals surface area contributed by atoms with Crippen LogP contribution in [0.4, 0.5) is 0 Å². The van der Waals surface area contributed by atoms with Gasteiger partial charge in [-0.05, 0) is 68.5 Å². The predicted octanol–water partition coefficient (Wildman–Crippen LogP) is 5.87. The Labute approximate surface area is 141 Å². The SMILES string of the molecule is Cc1cc(Br)c(CCCCCCNCC(C)C)cc1Br. The minimum absolute atomic E-state index is 0.757. The summed E-state index contributed by atoms with van der Waals surface area (Å²) in [4.78, 5) is 0. The summed E-state index contributed by atoms with van der Waals surface area (Å²) in [5.41, 5.74) is 2.71. The quantitative estimate of drug-likeness (QED) is 0.507. The Hall–Kier alpha value is 0.140. The van der Waals surface area contributed by atoms with E-state index < -0.39 is 0 Å². The molecule has 20 heavy (non-hydrogen) atoms. The molecule has 0 amide bonds. The van der Waals surface area contributed by atoms with Crippen LogP contribution in [0, 0.1) is 12.8 Å². The van der Waals surface area contributed by atoms with Crippen LogP contribution in [-0.2, 0) is 6.42 Å². The van der Waals surface area contributed by atoms with E-state index in [1.165, 1.54) is 52.2 Å². The van der Waals surface area contributed by atoms with Crippen molar-refractivity contribution in [3.8, 4) is 0 Å². The maximum atomic E-state index is 3.67. The first kappa shape index (κ1) is 18.2. The minimum atomic E-state index is 0.757. The Morgan fingerprint density at radius 2 is 1.70 bits per heavy atom. The first-order chi connectivity index (χ1) is 9.50. The zero-order chi connectivity index (χ0) is 15.0. The highest BCUT2D eigenvalue weighted by atomic mass is 79.9. The summed E-state index contributed by atoms with van der Waals surface area (Å²) in [6.07, 6.45) is 6.39. The van der Waals surface area contributed by atoms with Crippen molar-refractivity contribution in [2.75, 3.05) is 13.1 Å². The number of benzene rings is 1. The molecular weight excluding hydrogens is 378 g/mol. The molecule has 0 bridgehead atoms. The summed E-state index contributed by atoms with van der Waals surface area (Å²) in [6, 6.07) is 4.46. The van der Waals surface area contributed by atoms with E-state index in [2.05, 4.69) is 70.1 Å². The van der Waals surface area contributed by atoms with Crippen molar-refractivity contribution in [1.82, 2.24) is 5.32 Å². The Morgan fingerprint density at radius 1 is 1.00 bits per heavy atom. The summed E-state index contributed by atoms with van der Waals surface area (Å²) in [5.74, 6) is 0.757. The highest BCUT2D eigenvalue weighted by molar-refractivity contribution is 9.11. The molecular formula is C17H27Br2N. The number of halogens is 2. The molecule has 0 saturated carbocycles. The number of aryl methyl sites for hydroxylation is 2. The van der Waals surface area contributed by atoms with E-state index in [-0.39, 0.29) is 0 Å². The van der Waals surface area contributed by atoms with E-state index in [9.17, 15) is 0 Å². The largest absolute Gasteiger partial charge is 0.316 e. The van der Waals surface area contributed by atoms with Crippen molar-refractivity contribution in [1.29, 1.82) is 0 Å². The topological polar surface area (TPSA) is 12.0 Å². The highest BCUT2D eigenvalue weighted by Gasteiger charge is 2.04. The second-order valence-corrected chi connectivity index (χ2v) is 7.66. The average Bonchev–Trinajstić information content (AvgIpc) is 2.38. The maximum Gasteiger partial charge on any atom is 0.0210 e. The molecule has 0 aliphatic heterocycles. The molecule has 1 aromatic rings. The fourth-order valence-corrected chi connectivity index (χ4v) is 3.24. The number of hydrogen-bond donors (Lipinski definition) is 1. The summed E-state index contributed by atoms with van der Waals surface area (Å²) < 4.78 is 2.46. The molecule has 0 aliphatic rings. The highest BCUT2D eigenvalue weighted by Crippen LogP contribution is 2.26. The monoisotopic (exact) mass is 403 g/mol. The summed E-state index contributed by atoms with van der Waals surface area (Å²) in [6.45, 7) is 8.94. The van der Waals surface area contributed by atoms with Crippen LogP contribution in [0.15, 0.2) is 21.1 Å². The number of nitrogens with one attached hydrogen (secondary N) is 1. The van der Waals surface area contributed by atoms with Gasteiger partial charge in [0.05, 0.1) is 0 Å². The Bertz CT molecular complexity index is 402. The van der Waals surface area contributed by atoms with Crippen molar-refractivity contribution in [3.63, 3.8) is 0 Å². The molecule has 3 heteroatoms. The number of rotatable bonds is 9. The van der Waals surface area contributed by atoms with Crippen LogP contribution in [0.2, 0.25) is 0 Å². The second kappa shape index (κ2) is 9.97. The molecule has 0 heterocycles. The molecule has 0 aliphatic carbocycles. The summed E-state index contributed by atoms with van der Waals surface area (Å²) in [7, 11) is 0. The molecule has 1 aromatic carbocycles. The zero-order valence-electron chi connectivity index (χ0n) is 12.9. The van der Waals surface area contributed by atoms with Gasteiger partial charge in [0, 0.05) is 8.95 Å².